The zero-order chi connectivity index (χ0) is 13.3. The molecule has 0 bridgehead atoms. The Kier molecular flexibility index (Phi) is 3.16. The van der Waals surface area contributed by atoms with Crippen molar-refractivity contribution in [1.29, 1.82) is 0 Å². The van der Waals surface area contributed by atoms with Crippen LogP contribution in [0.2, 0.25) is 0 Å². The van der Waals surface area contributed by atoms with Crippen LogP contribution in [0.1, 0.15) is 15.9 Å². The Morgan fingerprint density at radius 3 is 2.61 bits per heavy atom. The first kappa shape index (κ1) is 12.3. The maximum atomic E-state index is 12.1. The lowest BCUT2D eigenvalue weighted by molar-refractivity contribution is 0.0858. The molecule has 2 aromatic rings. The van der Waals surface area contributed by atoms with Crippen molar-refractivity contribution in [2.45, 2.75) is 6.92 Å². The number of fused-ring (bicyclic) bond motifs is 1. The smallest absolute Gasteiger partial charge is 0.266 e. The first-order valence-electron chi connectivity index (χ1n) is 5.60. The number of nitrogens with one attached hydrogen (secondary N) is 2. The molecule has 0 saturated heterocycles. The predicted molar refractivity (Wildman–Crippen MR) is 70.5 cm³/mol. The fourth-order valence-electron chi connectivity index (χ4n) is 1.89. The summed E-state index contributed by atoms with van der Waals surface area (Å²) >= 11 is 0. The zero-order valence-electron chi connectivity index (χ0n) is 10.6. The van der Waals surface area contributed by atoms with Gasteiger partial charge in [-0.3, -0.25) is 15.0 Å². The minimum atomic E-state index is -0.278. The van der Waals surface area contributed by atoms with E-state index < -0.39 is 0 Å². The highest BCUT2D eigenvalue weighted by molar-refractivity contribution is 6.07. The SMILES string of the molecule is Cc1c(C(=O)NN(C)C)c2ccccc2[nH]c1=O. The van der Waals surface area contributed by atoms with E-state index in [-0.39, 0.29) is 11.5 Å². The van der Waals surface area contributed by atoms with Crippen molar-refractivity contribution in [2.75, 3.05) is 14.1 Å². The lowest BCUT2D eigenvalue weighted by atomic mass is 10.0. The summed E-state index contributed by atoms with van der Waals surface area (Å²) in [6.45, 7) is 1.65. The van der Waals surface area contributed by atoms with Crippen molar-refractivity contribution in [3.63, 3.8) is 0 Å². The molecule has 94 valence electrons. The summed E-state index contributed by atoms with van der Waals surface area (Å²) in [5, 5.41) is 2.30. The van der Waals surface area contributed by atoms with E-state index in [2.05, 4.69) is 10.4 Å². The number of pyridine rings is 1. The first-order chi connectivity index (χ1) is 8.50. The Bertz CT molecular complexity index is 659. The maximum absolute atomic E-state index is 12.1. The third kappa shape index (κ3) is 2.12. The van der Waals surface area contributed by atoms with Gasteiger partial charge in [0.25, 0.3) is 11.5 Å². The topological polar surface area (TPSA) is 65.2 Å². The van der Waals surface area contributed by atoms with Gasteiger partial charge in [-0.15, -0.1) is 0 Å². The summed E-state index contributed by atoms with van der Waals surface area (Å²) in [5.41, 5.74) is 3.93. The average Bonchev–Trinajstić information content (AvgIpc) is 2.29. The molecule has 5 heteroatoms. The van der Waals surface area contributed by atoms with Gasteiger partial charge in [0, 0.05) is 30.6 Å². The van der Waals surface area contributed by atoms with E-state index in [9.17, 15) is 9.59 Å². The molecule has 5 nitrogen and oxygen atoms in total. The first-order valence-corrected chi connectivity index (χ1v) is 5.60. The number of nitrogens with zero attached hydrogens (tertiary/aromatic N) is 1. The Hall–Kier alpha value is -2.14. The number of rotatable bonds is 2. The van der Waals surface area contributed by atoms with Crippen LogP contribution in [0.15, 0.2) is 29.1 Å². The summed E-state index contributed by atoms with van der Waals surface area (Å²) in [4.78, 5) is 26.7. The van der Waals surface area contributed by atoms with Gasteiger partial charge in [-0.2, -0.15) is 0 Å². The van der Waals surface area contributed by atoms with Crippen LogP contribution in [-0.2, 0) is 0 Å². The molecule has 2 rings (SSSR count). The molecule has 18 heavy (non-hydrogen) atoms. The number of amides is 1. The number of para-hydroxylation sites is 1. The highest BCUT2D eigenvalue weighted by atomic mass is 16.2. The third-order valence-corrected chi connectivity index (χ3v) is 2.71. The van der Waals surface area contributed by atoms with Gasteiger partial charge in [0.05, 0.1) is 5.56 Å². The lowest BCUT2D eigenvalue weighted by Crippen LogP contribution is -2.37. The molecular weight excluding hydrogens is 230 g/mol. The molecule has 0 aliphatic heterocycles. The average molecular weight is 245 g/mol. The Morgan fingerprint density at radius 2 is 1.94 bits per heavy atom. The normalized spacial score (nSPS) is 10.9. The Balaban J connectivity index is 2.71. The van der Waals surface area contributed by atoms with Gasteiger partial charge in [0.1, 0.15) is 0 Å². The number of hydrazine groups is 1. The van der Waals surface area contributed by atoms with E-state index in [1.54, 1.807) is 32.1 Å². The highest BCUT2D eigenvalue weighted by Crippen LogP contribution is 2.17. The van der Waals surface area contributed by atoms with Crippen LogP contribution < -0.4 is 11.0 Å². The second kappa shape index (κ2) is 4.62. The molecule has 0 atom stereocenters. The molecule has 0 aliphatic rings. The number of aromatic amines is 1. The minimum Gasteiger partial charge on any atom is -0.322 e. The van der Waals surface area contributed by atoms with E-state index in [1.165, 1.54) is 0 Å². The summed E-state index contributed by atoms with van der Waals surface area (Å²) in [6.07, 6.45) is 0. The summed E-state index contributed by atoms with van der Waals surface area (Å²) in [6, 6.07) is 7.26. The molecule has 1 heterocycles. The molecule has 1 amide bonds. The zero-order valence-corrected chi connectivity index (χ0v) is 10.6. The van der Waals surface area contributed by atoms with Crippen molar-refractivity contribution in [1.82, 2.24) is 15.4 Å². The number of hydrogen-bond acceptors (Lipinski definition) is 3. The molecule has 2 N–H and O–H groups in total. The predicted octanol–water partition coefficient (Wildman–Crippen LogP) is 1.04. The van der Waals surface area contributed by atoms with Gasteiger partial charge in [-0.05, 0) is 13.0 Å². The van der Waals surface area contributed by atoms with Crippen molar-refractivity contribution < 1.29 is 4.79 Å². The summed E-state index contributed by atoms with van der Waals surface area (Å²) in [5.74, 6) is -0.278. The standard InChI is InChI=1S/C13H15N3O2/c1-8-11(13(18)15-16(2)3)9-6-4-5-7-10(9)14-12(8)17/h4-7H,1-3H3,(H,14,17)(H,15,18). The monoisotopic (exact) mass is 245 g/mol. The van der Waals surface area contributed by atoms with Crippen molar-refractivity contribution >= 4 is 16.8 Å². The second-order valence-electron chi connectivity index (χ2n) is 4.34. The molecule has 0 aliphatic carbocycles. The molecule has 1 aromatic carbocycles. The van der Waals surface area contributed by atoms with Crippen LogP contribution >= 0.6 is 0 Å². The third-order valence-electron chi connectivity index (χ3n) is 2.71. The summed E-state index contributed by atoms with van der Waals surface area (Å²) < 4.78 is 0. The molecular formula is C13H15N3O2. The van der Waals surface area contributed by atoms with Crippen LogP contribution in [-0.4, -0.2) is 30.0 Å². The van der Waals surface area contributed by atoms with E-state index >= 15 is 0 Å². The fraction of sp³-hybridized carbons (Fsp3) is 0.231. The van der Waals surface area contributed by atoms with E-state index in [0.717, 1.165) is 5.39 Å². The van der Waals surface area contributed by atoms with Crippen LogP contribution in [0.25, 0.3) is 10.9 Å². The molecule has 0 fully saturated rings. The van der Waals surface area contributed by atoms with Crippen molar-refractivity contribution in [3.05, 3.63) is 45.7 Å². The van der Waals surface area contributed by atoms with Crippen LogP contribution in [0.5, 0.6) is 0 Å². The van der Waals surface area contributed by atoms with Crippen LogP contribution in [0.4, 0.5) is 0 Å². The Labute approximate surface area is 104 Å². The molecule has 0 saturated carbocycles. The quantitative estimate of drug-likeness (QED) is 0.777. The maximum Gasteiger partial charge on any atom is 0.266 e. The van der Waals surface area contributed by atoms with Crippen molar-refractivity contribution in [2.24, 2.45) is 0 Å². The lowest BCUT2D eigenvalue weighted by Gasteiger charge is -2.14. The fourth-order valence-corrected chi connectivity index (χ4v) is 1.89. The summed E-state index contributed by atoms with van der Waals surface area (Å²) in [7, 11) is 3.45. The van der Waals surface area contributed by atoms with Gasteiger partial charge < -0.3 is 4.98 Å². The molecule has 0 unspecified atom stereocenters. The van der Waals surface area contributed by atoms with Crippen molar-refractivity contribution in [3.8, 4) is 0 Å². The van der Waals surface area contributed by atoms with E-state index in [0.29, 0.717) is 16.6 Å². The Morgan fingerprint density at radius 1 is 1.28 bits per heavy atom. The minimum absolute atomic E-state index is 0.238. The van der Waals surface area contributed by atoms with E-state index in [4.69, 9.17) is 0 Å². The van der Waals surface area contributed by atoms with Gasteiger partial charge in [-0.1, -0.05) is 18.2 Å². The number of aromatic nitrogens is 1. The van der Waals surface area contributed by atoms with Crippen LogP contribution in [0, 0.1) is 6.92 Å². The largest absolute Gasteiger partial charge is 0.322 e. The number of carbonyl (C=O) groups is 1. The van der Waals surface area contributed by atoms with Gasteiger partial charge in [-0.25, -0.2) is 5.01 Å². The molecule has 0 spiro atoms. The number of hydrogen-bond donors (Lipinski definition) is 2. The molecule has 1 aromatic heterocycles. The molecule has 0 radical (unpaired) electrons. The second-order valence-corrected chi connectivity index (χ2v) is 4.34. The van der Waals surface area contributed by atoms with Gasteiger partial charge in [0.2, 0.25) is 0 Å². The number of carbonyl (C=O) groups excluding carboxylic acids is 1. The number of benzene rings is 1. The van der Waals surface area contributed by atoms with Gasteiger partial charge in [0.15, 0.2) is 0 Å². The van der Waals surface area contributed by atoms with E-state index in [1.807, 2.05) is 18.2 Å². The highest BCUT2D eigenvalue weighted by Gasteiger charge is 2.16. The number of H-pyrrole nitrogens is 1. The van der Waals surface area contributed by atoms with Gasteiger partial charge >= 0.3 is 0 Å². The van der Waals surface area contributed by atoms with Crippen LogP contribution in [0.3, 0.4) is 0 Å².